The molecule has 3 rings (SSSR count). The highest BCUT2D eigenvalue weighted by Crippen LogP contribution is 2.39. The molecule has 0 aliphatic carbocycles. The van der Waals surface area contributed by atoms with Gasteiger partial charge in [-0.05, 0) is 61.9 Å². The second kappa shape index (κ2) is 8.68. The van der Waals surface area contributed by atoms with E-state index in [1.165, 1.54) is 21.3 Å². The number of benzene rings is 2. The van der Waals surface area contributed by atoms with Crippen LogP contribution in [0.25, 0.3) is 6.08 Å². The number of nitrogens with zero attached hydrogens (tertiary/aromatic N) is 1. The van der Waals surface area contributed by atoms with Crippen LogP contribution in [0.4, 0.5) is 0 Å². The lowest BCUT2D eigenvalue weighted by Crippen LogP contribution is -2.07. The third kappa shape index (κ3) is 4.51. The van der Waals surface area contributed by atoms with Crippen LogP contribution in [-0.4, -0.2) is 39.3 Å². The summed E-state index contributed by atoms with van der Waals surface area (Å²) in [6, 6.07) is 10.7. The van der Waals surface area contributed by atoms with Crippen molar-refractivity contribution in [3.05, 3.63) is 53.2 Å². The molecule has 1 aliphatic heterocycles. The topological polar surface area (TPSA) is 75.6 Å². The van der Waals surface area contributed by atoms with Gasteiger partial charge in [-0.25, -0.2) is 9.79 Å². The molecule has 0 saturated carbocycles. The zero-order valence-corrected chi connectivity index (χ0v) is 17.0. The normalized spacial score (nSPS) is 14.6. The second-order valence-electron chi connectivity index (χ2n) is 6.49. The number of hydrogen-bond donors (Lipinski definition) is 0. The van der Waals surface area contributed by atoms with E-state index < -0.39 is 5.97 Å². The molecule has 0 radical (unpaired) electrons. The first-order valence-corrected chi connectivity index (χ1v) is 9.04. The van der Waals surface area contributed by atoms with Crippen LogP contribution in [0.1, 0.15) is 25.0 Å². The Kier molecular flexibility index (Phi) is 6.07. The van der Waals surface area contributed by atoms with Gasteiger partial charge in [0.15, 0.2) is 17.2 Å². The molecule has 7 nitrogen and oxygen atoms in total. The zero-order valence-electron chi connectivity index (χ0n) is 17.0. The predicted molar refractivity (Wildman–Crippen MR) is 109 cm³/mol. The van der Waals surface area contributed by atoms with Crippen molar-refractivity contribution in [1.29, 1.82) is 0 Å². The van der Waals surface area contributed by atoms with Crippen LogP contribution in [0, 0.1) is 0 Å². The van der Waals surface area contributed by atoms with E-state index in [9.17, 15) is 4.79 Å². The van der Waals surface area contributed by atoms with Crippen molar-refractivity contribution in [2.75, 3.05) is 21.3 Å². The zero-order chi connectivity index (χ0) is 21.0. The van der Waals surface area contributed by atoms with Gasteiger partial charge >= 0.3 is 5.97 Å². The summed E-state index contributed by atoms with van der Waals surface area (Å²) in [6.07, 6.45) is 1.69. The van der Waals surface area contributed by atoms with Crippen molar-refractivity contribution in [2.45, 2.75) is 20.0 Å². The fourth-order valence-electron chi connectivity index (χ4n) is 2.82. The lowest BCUT2D eigenvalue weighted by molar-refractivity contribution is -0.129. The van der Waals surface area contributed by atoms with Gasteiger partial charge in [0.2, 0.25) is 11.6 Å². The highest BCUT2D eigenvalue weighted by Gasteiger charge is 2.24. The molecular formula is C22H23NO6. The minimum atomic E-state index is -0.531. The van der Waals surface area contributed by atoms with Crippen molar-refractivity contribution in [2.24, 2.45) is 4.99 Å². The van der Waals surface area contributed by atoms with Crippen LogP contribution < -0.4 is 18.9 Å². The van der Waals surface area contributed by atoms with Gasteiger partial charge in [0.25, 0.3) is 0 Å². The first-order chi connectivity index (χ1) is 13.9. The number of rotatable bonds is 7. The Morgan fingerprint density at radius 3 is 2.10 bits per heavy atom. The van der Waals surface area contributed by atoms with Crippen molar-refractivity contribution < 1.29 is 28.5 Å². The van der Waals surface area contributed by atoms with E-state index in [0.717, 1.165) is 5.75 Å². The fourth-order valence-corrected chi connectivity index (χ4v) is 2.82. The number of cyclic esters (lactones) is 1. The number of esters is 1. The lowest BCUT2D eigenvalue weighted by Gasteiger charge is -2.12. The van der Waals surface area contributed by atoms with E-state index in [2.05, 4.69) is 4.99 Å². The Morgan fingerprint density at radius 1 is 0.966 bits per heavy atom. The van der Waals surface area contributed by atoms with E-state index in [1.54, 1.807) is 30.3 Å². The van der Waals surface area contributed by atoms with Crippen LogP contribution in [0.5, 0.6) is 23.0 Å². The van der Waals surface area contributed by atoms with E-state index in [0.29, 0.717) is 28.4 Å². The van der Waals surface area contributed by atoms with Crippen LogP contribution in [-0.2, 0) is 9.53 Å². The third-order valence-electron chi connectivity index (χ3n) is 4.08. The largest absolute Gasteiger partial charge is 0.493 e. The molecule has 0 fully saturated rings. The molecule has 0 unspecified atom stereocenters. The van der Waals surface area contributed by atoms with E-state index in [-0.39, 0.29) is 17.7 Å². The van der Waals surface area contributed by atoms with Crippen molar-refractivity contribution in [1.82, 2.24) is 0 Å². The summed E-state index contributed by atoms with van der Waals surface area (Å²) in [5.74, 6) is 1.88. The summed E-state index contributed by atoms with van der Waals surface area (Å²) < 4.78 is 26.9. The molecule has 7 heteroatoms. The monoisotopic (exact) mass is 397 g/mol. The van der Waals surface area contributed by atoms with E-state index in [1.807, 2.05) is 26.0 Å². The van der Waals surface area contributed by atoms with Gasteiger partial charge in [0, 0.05) is 5.56 Å². The van der Waals surface area contributed by atoms with Gasteiger partial charge in [0.05, 0.1) is 27.4 Å². The van der Waals surface area contributed by atoms with Gasteiger partial charge in [-0.2, -0.15) is 0 Å². The summed E-state index contributed by atoms with van der Waals surface area (Å²) >= 11 is 0. The molecule has 0 aromatic heterocycles. The van der Waals surface area contributed by atoms with E-state index in [4.69, 9.17) is 23.7 Å². The Labute approximate surface area is 169 Å². The van der Waals surface area contributed by atoms with Gasteiger partial charge < -0.3 is 23.7 Å². The maximum absolute atomic E-state index is 12.3. The molecule has 0 amide bonds. The third-order valence-corrected chi connectivity index (χ3v) is 4.08. The Balaban J connectivity index is 1.90. The summed E-state index contributed by atoms with van der Waals surface area (Å²) in [5, 5.41) is 0. The van der Waals surface area contributed by atoms with Gasteiger partial charge in [0.1, 0.15) is 5.75 Å². The molecule has 0 saturated heterocycles. The standard InChI is InChI=1S/C22H23NO6/c1-13(2)28-16-8-6-15(7-9-16)21-23-17(22(24)29-21)10-14-11-18(25-3)20(27-5)19(12-14)26-4/h6-13H,1-5H3/b17-10-. The highest BCUT2D eigenvalue weighted by molar-refractivity contribution is 6.12. The van der Waals surface area contributed by atoms with Crippen LogP contribution in [0.15, 0.2) is 47.1 Å². The first-order valence-electron chi connectivity index (χ1n) is 9.04. The minimum absolute atomic E-state index is 0.0792. The SMILES string of the molecule is COc1cc(/C=C2\N=C(c3ccc(OC(C)C)cc3)OC2=O)cc(OC)c1OC. The number of carbonyl (C=O) groups is 1. The average Bonchev–Trinajstić information content (AvgIpc) is 3.07. The first kappa shape index (κ1) is 20.3. The molecule has 29 heavy (non-hydrogen) atoms. The Morgan fingerprint density at radius 2 is 1.59 bits per heavy atom. The number of ether oxygens (including phenoxy) is 5. The van der Waals surface area contributed by atoms with E-state index >= 15 is 0 Å². The summed E-state index contributed by atoms with van der Waals surface area (Å²) in [7, 11) is 4.59. The maximum atomic E-state index is 12.3. The molecule has 0 spiro atoms. The maximum Gasteiger partial charge on any atom is 0.363 e. The Hall–Kier alpha value is -3.48. The van der Waals surface area contributed by atoms with Crippen molar-refractivity contribution in [3.63, 3.8) is 0 Å². The average molecular weight is 397 g/mol. The predicted octanol–water partition coefficient (Wildman–Crippen LogP) is 3.84. The summed E-state index contributed by atoms with van der Waals surface area (Å²) in [4.78, 5) is 16.6. The molecule has 1 aliphatic rings. The molecule has 2 aromatic rings. The minimum Gasteiger partial charge on any atom is -0.493 e. The molecule has 152 valence electrons. The smallest absolute Gasteiger partial charge is 0.363 e. The van der Waals surface area contributed by atoms with Gasteiger partial charge in [-0.15, -0.1) is 0 Å². The number of carbonyl (C=O) groups excluding carboxylic acids is 1. The number of aliphatic imine (C=N–C) groups is 1. The summed E-state index contributed by atoms with van der Waals surface area (Å²) in [6.45, 7) is 3.91. The lowest BCUT2D eigenvalue weighted by atomic mass is 10.1. The van der Waals surface area contributed by atoms with Crippen molar-refractivity contribution >= 4 is 17.9 Å². The molecular weight excluding hydrogens is 374 g/mol. The quantitative estimate of drug-likeness (QED) is 0.522. The molecule has 0 bridgehead atoms. The Bertz CT molecular complexity index is 935. The van der Waals surface area contributed by atoms with Crippen LogP contribution >= 0.6 is 0 Å². The fraction of sp³-hybridized carbons (Fsp3) is 0.273. The molecule has 1 heterocycles. The van der Waals surface area contributed by atoms with Crippen molar-refractivity contribution in [3.8, 4) is 23.0 Å². The number of hydrogen-bond acceptors (Lipinski definition) is 7. The van der Waals surface area contributed by atoms with Gasteiger partial charge in [-0.3, -0.25) is 0 Å². The summed E-state index contributed by atoms with van der Waals surface area (Å²) in [5.41, 5.74) is 1.52. The second-order valence-corrected chi connectivity index (χ2v) is 6.49. The molecule has 0 N–H and O–H groups in total. The highest BCUT2D eigenvalue weighted by atomic mass is 16.6. The van der Waals surface area contributed by atoms with Crippen LogP contribution in [0.3, 0.4) is 0 Å². The van der Waals surface area contributed by atoms with Crippen LogP contribution in [0.2, 0.25) is 0 Å². The molecule has 2 aromatic carbocycles. The number of methoxy groups -OCH3 is 3. The molecule has 0 atom stereocenters. The van der Waals surface area contributed by atoms with Gasteiger partial charge in [-0.1, -0.05) is 0 Å².